The zero-order chi connectivity index (χ0) is 30.5. The number of rotatable bonds is 9. The Morgan fingerprint density at radius 1 is 0.884 bits per heavy atom. The minimum atomic E-state index is -0.656. The molecule has 2 N–H and O–H groups in total. The molecule has 9 nitrogen and oxygen atoms in total. The number of hydrogen-bond donors (Lipinski definition) is 2. The number of ether oxygens (including phenoxy) is 3. The molecule has 10 heteroatoms. The van der Waals surface area contributed by atoms with Crippen molar-refractivity contribution >= 4 is 46.3 Å². The van der Waals surface area contributed by atoms with E-state index in [4.69, 9.17) is 25.8 Å². The predicted molar refractivity (Wildman–Crippen MR) is 169 cm³/mol. The minimum absolute atomic E-state index is 0.176. The summed E-state index contributed by atoms with van der Waals surface area (Å²) in [7, 11) is 6.85. The molecular formula is C33H29ClN4O5. The van der Waals surface area contributed by atoms with Crippen LogP contribution < -0.4 is 24.5 Å². The van der Waals surface area contributed by atoms with Gasteiger partial charge in [-0.2, -0.15) is 5.10 Å². The second-order valence-electron chi connectivity index (χ2n) is 9.71. The van der Waals surface area contributed by atoms with Gasteiger partial charge in [0.1, 0.15) is 17.0 Å². The molecular weight excluding hydrogens is 568 g/mol. The van der Waals surface area contributed by atoms with Gasteiger partial charge in [-0.1, -0.05) is 41.9 Å². The summed E-state index contributed by atoms with van der Waals surface area (Å²) in [6.07, 6.45) is 1.47. The average Bonchev–Trinajstić information content (AvgIpc) is 3.41. The fourth-order valence-electron chi connectivity index (χ4n) is 4.60. The van der Waals surface area contributed by atoms with Crippen LogP contribution in [0.2, 0.25) is 5.02 Å². The summed E-state index contributed by atoms with van der Waals surface area (Å²) in [4.78, 5) is 31.5. The topological polar surface area (TPSA) is 105 Å². The molecule has 5 rings (SSSR count). The van der Waals surface area contributed by atoms with Gasteiger partial charge >= 0.3 is 5.97 Å². The van der Waals surface area contributed by atoms with Crippen LogP contribution in [0.3, 0.4) is 0 Å². The molecule has 0 saturated heterocycles. The first-order valence-electron chi connectivity index (χ1n) is 13.2. The number of carbonyl (C=O) groups excluding carboxylic acids is 2. The summed E-state index contributed by atoms with van der Waals surface area (Å²) >= 11 is 6.05. The van der Waals surface area contributed by atoms with Gasteiger partial charge < -0.3 is 24.1 Å². The van der Waals surface area contributed by atoms with Crippen molar-refractivity contribution in [2.45, 2.75) is 0 Å². The van der Waals surface area contributed by atoms with Crippen LogP contribution in [0.1, 0.15) is 26.4 Å². The number of amides is 1. The number of carbonyl (C=O) groups is 2. The molecule has 0 aliphatic rings. The Balaban J connectivity index is 1.37. The van der Waals surface area contributed by atoms with Crippen LogP contribution in [0.4, 0.5) is 5.69 Å². The molecule has 0 spiro atoms. The van der Waals surface area contributed by atoms with E-state index in [-0.39, 0.29) is 11.3 Å². The Bertz CT molecular complexity index is 1830. The first kappa shape index (κ1) is 29.2. The van der Waals surface area contributed by atoms with Gasteiger partial charge in [0.05, 0.1) is 20.4 Å². The highest BCUT2D eigenvalue weighted by molar-refractivity contribution is 6.31. The van der Waals surface area contributed by atoms with E-state index in [1.807, 2.05) is 61.5 Å². The zero-order valence-corrected chi connectivity index (χ0v) is 24.7. The molecule has 1 heterocycles. The summed E-state index contributed by atoms with van der Waals surface area (Å²) in [5.74, 6) is -0.236. The lowest BCUT2D eigenvalue weighted by Crippen LogP contribution is -2.18. The van der Waals surface area contributed by atoms with Crippen molar-refractivity contribution in [2.75, 3.05) is 33.2 Å². The maximum absolute atomic E-state index is 13.4. The van der Waals surface area contributed by atoms with Crippen molar-refractivity contribution in [1.82, 2.24) is 10.4 Å². The summed E-state index contributed by atoms with van der Waals surface area (Å²) < 4.78 is 16.2. The second-order valence-corrected chi connectivity index (χ2v) is 10.1. The van der Waals surface area contributed by atoms with Crippen molar-refractivity contribution in [3.63, 3.8) is 0 Å². The number of benzene rings is 4. The molecule has 0 fully saturated rings. The first-order chi connectivity index (χ1) is 20.8. The zero-order valence-electron chi connectivity index (χ0n) is 24.0. The Morgan fingerprint density at radius 3 is 2.35 bits per heavy atom. The number of esters is 1. The number of nitrogens with zero attached hydrogens (tertiary/aromatic N) is 2. The number of anilines is 1. The Morgan fingerprint density at radius 2 is 1.63 bits per heavy atom. The van der Waals surface area contributed by atoms with Gasteiger partial charge in [-0.15, -0.1) is 0 Å². The number of hydrogen-bond acceptors (Lipinski definition) is 7. The van der Waals surface area contributed by atoms with E-state index in [1.54, 1.807) is 30.3 Å². The SMILES string of the molecule is COc1cc(C=NNC(=O)c2[nH]c3ccc(N(C)C)cc3c2-c2ccccc2)ccc1OC(=O)c1cc(Cl)ccc1OC. The quantitative estimate of drug-likeness (QED) is 0.0865. The first-order valence-corrected chi connectivity index (χ1v) is 13.6. The standard InChI is InChI=1S/C33H29ClN4O5/c1-38(2)23-12-13-26-24(18-23)30(21-8-6-5-7-9-21)31(36-26)32(39)37-35-19-20-10-14-28(29(16-20)42-4)43-33(40)25-17-22(34)11-15-27(25)41-3/h5-19,36H,1-4H3,(H,37,39). The van der Waals surface area contributed by atoms with Gasteiger partial charge in [0.25, 0.3) is 5.91 Å². The molecule has 0 aliphatic carbocycles. The van der Waals surface area contributed by atoms with Gasteiger partial charge in [0.15, 0.2) is 11.5 Å². The molecule has 43 heavy (non-hydrogen) atoms. The highest BCUT2D eigenvalue weighted by atomic mass is 35.5. The maximum atomic E-state index is 13.4. The lowest BCUT2D eigenvalue weighted by atomic mass is 10.0. The molecule has 1 aromatic heterocycles. The number of halogens is 1. The molecule has 218 valence electrons. The third-order valence-electron chi connectivity index (χ3n) is 6.74. The van der Waals surface area contributed by atoms with Gasteiger partial charge in [-0.25, -0.2) is 10.2 Å². The monoisotopic (exact) mass is 596 g/mol. The van der Waals surface area contributed by atoms with Crippen LogP contribution in [-0.4, -0.2) is 51.4 Å². The van der Waals surface area contributed by atoms with Crippen LogP contribution in [0, 0.1) is 0 Å². The summed E-state index contributed by atoms with van der Waals surface area (Å²) in [5.41, 5.74) is 7.34. The number of aromatic amines is 1. The number of H-pyrrole nitrogens is 1. The van der Waals surface area contributed by atoms with Crippen molar-refractivity contribution in [3.8, 4) is 28.4 Å². The van der Waals surface area contributed by atoms with Crippen LogP contribution >= 0.6 is 11.6 Å². The van der Waals surface area contributed by atoms with E-state index in [0.29, 0.717) is 27.8 Å². The van der Waals surface area contributed by atoms with E-state index < -0.39 is 11.9 Å². The van der Waals surface area contributed by atoms with Crippen LogP contribution in [-0.2, 0) is 0 Å². The highest BCUT2D eigenvalue weighted by Gasteiger charge is 2.20. The van der Waals surface area contributed by atoms with Crippen LogP contribution in [0.15, 0.2) is 90.0 Å². The fourth-order valence-corrected chi connectivity index (χ4v) is 4.77. The van der Waals surface area contributed by atoms with E-state index >= 15 is 0 Å². The number of aromatic nitrogens is 1. The molecule has 1 amide bonds. The van der Waals surface area contributed by atoms with Gasteiger partial charge in [0.2, 0.25) is 0 Å². The molecule has 0 saturated carbocycles. The van der Waals surface area contributed by atoms with Crippen LogP contribution in [0.5, 0.6) is 17.2 Å². The van der Waals surface area contributed by atoms with Gasteiger partial charge in [-0.3, -0.25) is 4.79 Å². The maximum Gasteiger partial charge on any atom is 0.347 e. The summed E-state index contributed by atoms with van der Waals surface area (Å²) in [6.45, 7) is 0. The minimum Gasteiger partial charge on any atom is -0.496 e. The second kappa shape index (κ2) is 12.7. The van der Waals surface area contributed by atoms with Crippen molar-refractivity contribution < 1.29 is 23.8 Å². The lowest BCUT2D eigenvalue weighted by Gasteiger charge is -2.12. The lowest BCUT2D eigenvalue weighted by molar-refractivity contribution is 0.0726. The smallest absolute Gasteiger partial charge is 0.347 e. The summed E-state index contributed by atoms with van der Waals surface area (Å²) in [5, 5.41) is 5.47. The molecule has 0 atom stereocenters. The molecule has 5 aromatic rings. The van der Waals surface area contributed by atoms with E-state index in [1.165, 1.54) is 26.5 Å². The Labute approximate surface area is 253 Å². The molecule has 0 unspecified atom stereocenters. The molecule has 0 bridgehead atoms. The Hall–Kier alpha value is -5.28. The van der Waals surface area contributed by atoms with Crippen molar-refractivity contribution in [3.05, 3.63) is 107 Å². The molecule has 0 radical (unpaired) electrons. The summed E-state index contributed by atoms with van der Waals surface area (Å²) in [6, 6.07) is 25.3. The van der Waals surface area contributed by atoms with Gasteiger partial charge in [-0.05, 0) is 65.7 Å². The highest BCUT2D eigenvalue weighted by Crippen LogP contribution is 2.35. The number of methoxy groups -OCH3 is 2. The largest absolute Gasteiger partial charge is 0.496 e. The Kier molecular flexibility index (Phi) is 8.64. The van der Waals surface area contributed by atoms with E-state index in [0.717, 1.165) is 27.7 Å². The number of fused-ring (bicyclic) bond motifs is 1. The van der Waals surface area contributed by atoms with Crippen molar-refractivity contribution in [2.24, 2.45) is 5.10 Å². The number of nitrogens with one attached hydrogen (secondary N) is 2. The normalized spacial score (nSPS) is 11.0. The fraction of sp³-hybridized carbons (Fsp3) is 0.121. The third kappa shape index (κ3) is 6.32. The number of hydrazone groups is 1. The third-order valence-corrected chi connectivity index (χ3v) is 6.97. The van der Waals surface area contributed by atoms with E-state index in [2.05, 4.69) is 21.6 Å². The average molecular weight is 597 g/mol. The van der Waals surface area contributed by atoms with Crippen LogP contribution in [0.25, 0.3) is 22.0 Å². The molecule has 0 aliphatic heterocycles. The van der Waals surface area contributed by atoms with Gasteiger partial charge in [0, 0.05) is 41.3 Å². The predicted octanol–water partition coefficient (Wildman–Crippen LogP) is 6.55. The van der Waals surface area contributed by atoms with Crippen molar-refractivity contribution in [1.29, 1.82) is 0 Å². The molecule has 4 aromatic carbocycles. The van der Waals surface area contributed by atoms with E-state index in [9.17, 15) is 9.59 Å².